The molecule has 0 radical (unpaired) electrons. The monoisotopic (exact) mass is 396 g/mol. The lowest BCUT2D eigenvalue weighted by molar-refractivity contribution is 0.100. The van der Waals surface area contributed by atoms with Crippen LogP contribution in [0, 0.1) is 0 Å². The third-order valence-electron chi connectivity index (χ3n) is 4.47. The Labute approximate surface area is 168 Å². The van der Waals surface area contributed by atoms with Crippen molar-refractivity contribution in [2.75, 3.05) is 18.0 Å². The summed E-state index contributed by atoms with van der Waals surface area (Å²) in [5.74, 6) is -0.377. The van der Waals surface area contributed by atoms with Crippen molar-refractivity contribution in [3.8, 4) is 11.1 Å². The molecule has 28 heavy (non-hydrogen) atoms. The number of hydrogen-bond donors (Lipinski definition) is 2. The minimum Gasteiger partial charge on any atom is -0.371 e. The van der Waals surface area contributed by atoms with Crippen molar-refractivity contribution < 1.29 is 4.79 Å². The summed E-state index contributed by atoms with van der Waals surface area (Å²) in [5.41, 5.74) is 8.80. The number of nitrogens with two attached hydrogens (primary N) is 1. The van der Waals surface area contributed by atoms with E-state index in [0.717, 1.165) is 29.9 Å². The molecule has 0 bridgehead atoms. The first-order valence-corrected chi connectivity index (χ1v) is 9.36. The van der Waals surface area contributed by atoms with Gasteiger partial charge in [-0.3, -0.25) is 14.6 Å². The van der Waals surface area contributed by atoms with Crippen molar-refractivity contribution >= 4 is 23.2 Å². The minimum absolute atomic E-state index is 0.229. The molecule has 1 amide bonds. The molecule has 144 valence electrons. The Bertz CT molecular complexity index is 999. The zero-order valence-electron chi connectivity index (χ0n) is 15.3. The van der Waals surface area contributed by atoms with Gasteiger partial charge >= 0.3 is 0 Å². The molecule has 1 aliphatic heterocycles. The highest BCUT2D eigenvalue weighted by molar-refractivity contribution is 6.30. The third kappa shape index (κ3) is 4.78. The van der Waals surface area contributed by atoms with E-state index >= 15 is 0 Å². The maximum absolute atomic E-state index is 11.7. The topological polar surface area (TPSA) is 92.1 Å². The van der Waals surface area contributed by atoms with Crippen molar-refractivity contribution in [2.24, 2.45) is 5.73 Å². The number of benzene rings is 1. The normalized spacial score (nSPS) is 13.0. The number of halogens is 1. The van der Waals surface area contributed by atoms with Crippen LogP contribution in [0.4, 0.5) is 5.69 Å². The Morgan fingerprint density at radius 1 is 1.11 bits per heavy atom. The summed E-state index contributed by atoms with van der Waals surface area (Å²) < 4.78 is 0. The fourth-order valence-electron chi connectivity index (χ4n) is 3.08. The Hall–Kier alpha value is -3.12. The van der Waals surface area contributed by atoms with Crippen LogP contribution in [0.15, 0.2) is 65.8 Å². The van der Waals surface area contributed by atoms with E-state index in [-0.39, 0.29) is 16.5 Å². The molecule has 3 N–H and O–H groups in total. The van der Waals surface area contributed by atoms with Gasteiger partial charge in [-0.15, -0.1) is 0 Å². The lowest BCUT2D eigenvalue weighted by Gasteiger charge is -2.20. The van der Waals surface area contributed by atoms with Gasteiger partial charge in [-0.2, -0.15) is 0 Å². The average molecular weight is 397 g/mol. The Kier molecular flexibility index (Phi) is 6.45. The van der Waals surface area contributed by atoms with Crippen molar-refractivity contribution in [1.29, 1.82) is 0 Å². The molecule has 4 rings (SSSR count). The highest BCUT2D eigenvalue weighted by Gasteiger charge is 2.18. The van der Waals surface area contributed by atoms with Crippen LogP contribution in [-0.2, 0) is 0 Å². The van der Waals surface area contributed by atoms with Gasteiger partial charge in [0, 0.05) is 42.9 Å². The van der Waals surface area contributed by atoms with Crippen LogP contribution in [0.25, 0.3) is 11.1 Å². The second-order valence-electron chi connectivity index (χ2n) is 6.38. The van der Waals surface area contributed by atoms with Gasteiger partial charge in [0.1, 0.15) is 5.02 Å². The number of pyridine rings is 2. The van der Waals surface area contributed by atoms with Gasteiger partial charge in [-0.25, -0.2) is 0 Å². The smallest absolute Gasteiger partial charge is 0.266 e. The predicted octanol–water partition coefficient (Wildman–Crippen LogP) is 3.48. The minimum atomic E-state index is -0.377. The molecule has 1 saturated heterocycles. The molecule has 6 nitrogen and oxygen atoms in total. The molecule has 1 fully saturated rings. The molecule has 0 aliphatic carbocycles. The number of aromatic amines is 1. The largest absolute Gasteiger partial charge is 0.371 e. The van der Waals surface area contributed by atoms with E-state index in [4.69, 9.17) is 17.3 Å². The number of amides is 1. The van der Waals surface area contributed by atoms with E-state index in [1.807, 2.05) is 30.3 Å². The molecule has 3 aromatic rings. The second kappa shape index (κ2) is 9.19. The molecule has 3 heterocycles. The quantitative estimate of drug-likeness (QED) is 0.708. The van der Waals surface area contributed by atoms with Crippen molar-refractivity contribution in [2.45, 2.75) is 12.8 Å². The molecule has 0 unspecified atom stereocenters. The number of nitrogens with zero attached hydrogens (tertiary/aromatic N) is 2. The summed E-state index contributed by atoms with van der Waals surface area (Å²) in [4.78, 5) is 30.9. The van der Waals surface area contributed by atoms with Crippen LogP contribution >= 0.6 is 11.6 Å². The van der Waals surface area contributed by atoms with Gasteiger partial charge in [0.25, 0.3) is 11.5 Å². The lowest BCUT2D eigenvalue weighted by atomic mass is 10.0. The third-order valence-corrected chi connectivity index (χ3v) is 4.77. The summed E-state index contributed by atoms with van der Waals surface area (Å²) in [6.07, 6.45) is 7.39. The number of carbonyl (C=O) groups is 1. The van der Waals surface area contributed by atoms with Crippen LogP contribution in [-0.4, -0.2) is 29.0 Å². The average Bonchev–Trinajstić information content (AvgIpc) is 3.26. The van der Waals surface area contributed by atoms with Gasteiger partial charge in [0.15, 0.2) is 0 Å². The van der Waals surface area contributed by atoms with E-state index < -0.39 is 0 Å². The Morgan fingerprint density at radius 3 is 2.46 bits per heavy atom. The van der Waals surface area contributed by atoms with Gasteiger partial charge in [0.2, 0.25) is 0 Å². The van der Waals surface area contributed by atoms with Crippen LogP contribution in [0.5, 0.6) is 0 Å². The maximum atomic E-state index is 11.7. The van der Waals surface area contributed by atoms with E-state index in [0.29, 0.717) is 5.56 Å². The molecule has 0 saturated carbocycles. The van der Waals surface area contributed by atoms with E-state index in [1.54, 1.807) is 24.5 Å². The van der Waals surface area contributed by atoms with E-state index in [2.05, 4.69) is 14.9 Å². The van der Waals surface area contributed by atoms with Crippen molar-refractivity contribution in [1.82, 2.24) is 9.97 Å². The number of H-pyrrole nitrogens is 1. The Balaban J connectivity index is 0.000000236. The van der Waals surface area contributed by atoms with Crippen molar-refractivity contribution in [3.05, 3.63) is 82.0 Å². The molecule has 0 atom stereocenters. The summed E-state index contributed by atoms with van der Waals surface area (Å²) in [6.45, 7) is 1.99. The molecule has 2 aromatic heterocycles. The zero-order chi connectivity index (χ0) is 19.9. The lowest BCUT2D eigenvalue weighted by Crippen LogP contribution is -2.23. The van der Waals surface area contributed by atoms with Gasteiger partial charge in [-0.1, -0.05) is 23.7 Å². The number of nitrogens with one attached hydrogen (secondary N) is 1. The van der Waals surface area contributed by atoms with Crippen LogP contribution in [0.2, 0.25) is 5.02 Å². The first-order chi connectivity index (χ1) is 13.6. The van der Waals surface area contributed by atoms with Gasteiger partial charge < -0.3 is 15.6 Å². The number of rotatable bonds is 3. The fraction of sp³-hybridized carbons (Fsp3) is 0.190. The number of carbonyl (C=O) groups excluding carboxylic acids is 1. The number of primary amides is 1. The first kappa shape index (κ1) is 19.6. The summed E-state index contributed by atoms with van der Waals surface area (Å²) in [7, 11) is 0. The van der Waals surface area contributed by atoms with Crippen LogP contribution in [0.3, 0.4) is 0 Å². The standard InChI is InChI=1S/C16H17N3O.C5H4ClNO/c17-16(20)14-10-12(13-4-3-7-18-11-13)5-6-15(14)19-8-1-2-9-19;6-4-2-1-3-7-5(4)8/h3-7,10-11H,1-2,8-9H2,(H2,17,20);1-3H,(H,7,8). The molecule has 7 heteroatoms. The predicted molar refractivity (Wildman–Crippen MR) is 112 cm³/mol. The summed E-state index contributed by atoms with van der Waals surface area (Å²) in [6, 6.07) is 13.0. The van der Waals surface area contributed by atoms with E-state index in [9.17, 15) is 9.59 Å². The zero-order valence-corrected chi connectivity index (χ0v) is 16.0. The molecule has 1 aliphatic rings. The van der Waals surface area contributed by atoms with Crippen molar-refractivity contribution in [3.63, 3.8) is 0 Å². The Morgan fingerprint density at radius 2 is 1.89 bits per heavy atom. The van der Waals surface area contributed by atoms with E-state index in [1.165, 1.54) is 19.0 Å². The SMILES string of the molecule is NC(=O)c1cc(-c2cccnc2)ccc1N1CCCC1.O=c1[nH]cccc1Cl. The number of hydrogen-bond acceptors (Lipinski definition) is 4. The van der Waals surface area contributed by atoms with Crippen LogP contribution in [0.1, 0.15) is 23.2 Å². The second-order valence-corrected chi connectivity index (χ2v) is 6.79. The van der Waals surface area contributed by atoms with Gasteiger partial charge in [0.05, 0.1) is 5.56 Å². The molecule has 1 aromatic carbocycles. The summed E-state index contributed by atoms with van der Waals surface area (Å²) >= 11 is 5.36. The molecular weight excluding hydrogens is 376 g/mol. The van der Waals surface area contributed by atoms with Gasteiger partial charge in [-0.05, 0) is 48.7 Å². The highest BCUT2D eigenvalue weighted by atomic mass is 35.5. The summed E-state index contributed by atoms with van der Waals surface area (Å²) in [5, 5.41) is 0.229. The van der Waals surface area contributed by atoms with Crippen LogP contribution < -0.4 is 16.2 Å². The highest BCUT2D eigenvalue weighted by Crippen LogP contribution is 2.29. The number of anilines is 1. The maximum Gasteiger partial charge on any atom is 0.266 e. The molecular formula is C21H21ClN4O2. The fourth-order valence-corrected chi connectivity index (χ4v) is 3.21. The first-order valence-electron chi connectivity index (χ1n) is 8.98. The molecule has 0 spiro atoms. The number of aromatic nitrogens is 2.